The van der Waals surface area contributed by atoms with Gasteiger partial charge in [-0.05, 0) is 6.26 Å². The van der Waals surface area contributed by atoms with E-state index in [4.69, 9.17) is 0 Å². The molecule has 0 rings (SSSR count). The third-order valence-electron chi connectivity index (χ3n) is 0. The van der Waals surface area contributed by atoms with E-state index in [2.05, 4.69) is 25.8 Å². The first-order valence-electron chi connectivity index (χ1n) is 1.95. The van der Waals surface area contributed by atoms with Crippen molar-refractivity contribution in [3.63, 3.8) is 0 Å². The number of thiol groups is 1. The molecule has 0 radical (unpaired) electrons. The summed E-state index contributed by atoms with van der Waals surface area (Å²) < 4.78 is 0. The largest absolute Gasteiger partial charge is 0.183 e. The summed E-state index contributed by atoms with van der Waals surface area (Å²) in [6.07, 6.45) is 1.69. The molecule has 0 unspecified atom stereocenters. The molecule has 0 saturated carbocycles. The molecule has 40 valence electrons. The molecule has 1 heteroatoms. The van der Waals surface area contributed by atoms with E-state index in [0.717, 1.165) is 0 Å². The third-order valence-corrected chi connectivity index (χ3v) is 0. The Morgan fingerprint density at radius 3 is 1.00 bits per heavy atom. The average Bonchev–Trinajstić information content (AvgIpc) is 1.81. The van der Waals surface area contributed by atoms with E-state index < -0.39 is 0 Å². The predicted octanol–water partition coefficient (Wildman–Crippen LogP) is 2.37. The zero-order valence-electron chi connectivity index (χ0n) is 4.86. The SMILES string of the molecule is C=C.CC.CS. The molecule has 0 aromatic rings. The fourth-order valence-electron chi connectivity index (χ4n) is 0. The van der Waals surface area contributed by atoms with Gasteiger partial charge in [0.2, 0.25) is 0 Å². The van der Waals surface area contributed by atoms with Crippen LogP contribution < -0.4 is 0 Å². The van der Waals surface area contributed by atoms with Gasteiger partial charge in [0.1, 0.15) is 0 Å². The van der Waals surface area contributed by atoms with Crippen LogP contribution in [0.5, 0.6) is 0 Å². The maximum absolute atomic E-state index is 3.53. The highest BCUT2D eigenvalue weighted by Gasteiger charge is 0.932. The molecule has 0 heterocycles. The van der Waals surface area contributed by atoms with E-state index >= 15 is 0 Å². The summed E-state index contributed by atoms with van der Waals surface area (Å²) in [6.45, 7) is 10.0. The van der Waals surface area contributed by atoms with Crippen molar-refractivity contribution in [2.24, 2.45) is 0 Å². The van der Waals surface area contributed by atoms with Crippen LogP contribution in [0.25, 0.3) is 0 Å². The first-order valence-corrected chi connectivity index (χ1v) is 2.84. The van der Waals surface area contributed by atoms with Crippen molar-refractivity contribution < 1.29 is 0 Å². The fraction of sp³-hybridized carbons (Fsp3) is 0.600. The van der Waals surface area contributed by atoms with Gasteiger partial charge in [0.15, 0.2) is 0 Å². The van der Waals surface area contributed by atoms with Crippen molar-refractivity contribution >= 4 is 12.6 Å². The summed E-state index contributed by atoms with van der Waals surface area (Å²) in [5, 5.41) is 0. The van der Waals surface area contributed by atoms with Gasteiger partial charge >= 0.3 is 0 Å². The van der Waals surface area contributed by atoms with Crippen molar-refractivity contribution in [1.82, 2.24) is 0 Å². The van der Waals surface area contributed by atoms with Gasteiger partial charge in [-0.1, -0.05) is 13.8 Å². The minimum atomic E-state index is 1.69. The number of rotatable bonds is 0. The van der Waals surface area contributed by atoms with E-state index in [1.807, 2.05) is 13.8 Å². The van der Waals surface area contributed by atoms with Gasteiger partial charge in [0.25, 0.3) is 0 Å². The van der Waals surface area contributed by atoms with Crippen molar-refractivity contribution in [1.29, 1.82) is 0 Å². The van der Waals surface area contributed by atoms with Crippen LogP contribution in [-0.2, 0) is 0 Å². The highest BCUT2D eigenvalue weighted by molar-refractivity contribution is 7.79. The second-order valence-electron chi connectivity index (χ2n) is 0. The zero-order valence-corrected chi connectivity index (χ0v) is 5.76. The Kier molecular flexibility index (Phi) is 29000. The number of hydrogen-bond donors (Lipinski definition) is 1. The van der Waals surface area contributed by atoms with Crippen LogP contribution in [0, 0.1) is 0 Å². The Morgan fingerprint density at radius 1 is 1.00 bits per heavy atom. The van der Waals surface area contributed by atoms with Gasteiger partial charge in [-0.15, -0.1) is 13.2 Å². The van der Waals surface area contributed by atoms with Crippen LogP contribution in [0.15, 0.2) is 13.2 Å². The third kappa shape index (κ3) is 4820. The molecule has 0 amide bonds. The van der Waals surface area contributed by atoms with E-state index in [1.54, 1.807) is 6.26 Å². The summed E-state index contributed by atoms with van der Waals surface area (Å²) in [5.41, 5.74) is 0. The molecular formula is C5H14S. The highest BCUT2D eigenvalue weighted by atomic mass is 32.1. The summed E-state index contributed by atoms with van der Waals surface area (Å²) in [7, 11) is 0. The van der Waals surface area contributed by atoms with Crippen molar-refractivity contribution in [3.8, 4) is 0 Å². The van der Waals surface area contributed by atoms with Gasteiger partial charge in [-0.25, -0.2) is 0 Å². The Balaban J connectivity index is -0.0000000225. The topological polar surface area (TPSA) is 0 Å². The molecule has 0 aromatic heterocycles. The molecule has 0 aromatic carbocycles. The summed E-state index contributed by atoms with van der Waals surface area (Å²) >= 11 is 3.53. The van der Waals surface area contributed by atoms with Crippen LogP contribution >= 0.6 is 12.6 Å². The smallest absolute Gasteiger partial charge is 0.0215 e. The molecule has 0 bridgehead atoms. The lowest BCUT2D eigenvalue weighted by atomic mass is 11.0. The Morgan fingerprint density at radius 2 is 1.00 bits per heavy atom. The van der Waals surface area contributed by atoms with Gasteiger partial charge in [-0.3, -0.25) is 0 Å². The van der Waals surface area contributed by atoms with Crippen molar-refractivity contribution in [2.45, 2.75) is 13.8 Å². The second-order valence-corrected chi connectivity index (χ2v) is 0. The Hall–Kier alpha value is 0.0900. The molecular weight excluding hydrogens is 92.1 g/mol. The van der Waals surface area contributed by atoms with Gasteiger partial charge in [-0.2, -0.15) is 12.6 Å². The quantitative estimate of drug-likeness (QED) is 0.356. The van der Waals surface area contributed by atoms with Crippen LogP contribution in [0.2, 0.25) is 0 Å². The fourth-order valence-corrected chi connectivity index (χ4v) is 0. The first-order chi connectivity index (χ1) is 3.00. The Bertz CT molecular complexity index is 3.90. The van der Waals surface area contributed by atoms with Crippen molar-refractivity contribution in [3.05, 3.63) is 13.2 Å². The average molecular weight is 106 g/mol. The van der Waals surface area contributed by atoms with Gasteiger partial charge < -0.3 is 0 Å². The van der Waals surface area contributed by atoms with E-state index in [1.165, 1.54) is 0 Å². The number of hydrogen-bond acceptors (Lipinski definition) is 1. The maximum atomic E-state index is 3.53. The molecule has 0 aliphatic rings. The molecule has 6 heavy (non-hydrogen) atoms. The molecule has 0 nitrogen and oxygen atoms in total. The minimum Gasteiger partial charge on any atom is -0.183 e. The molecule has 0 atom stereocenters. The summed E-state index contributed by atoms with van der Waals surface area (Å²) in [4.78, 5) is 0. The van der Waals surface area contributed by atoms with Crippen molar-refractivity contribution in [2.75, 3.05) is 6.26 Å². The molecule has 0 aliphatic carbocycles. The van der Waals surface area contributed by atoms with E-state index in [0.29, 0.717) is 0 Å². The Labute approximate surface area is 46.7 Å². The van der Waals surface area contributed by atoms with Crippen LogP contribution in [-0.4, -0.2) is 6.26 Å². The summed E-state index contributed by atoms with van der Waals surface area (Å²) in [6, 6.07) is 0. The van der Waals surface area contributed by atoms with E-state index in [-0.39, 0.29) is 0 Å². The first kappa shape index (κ1) is 16.5. The second kappa shape index (κ2) is 10500. The molecule has 0 fully saturated rings. The van der Waals surface area contributed by atoms with Crippen LogP contribution in [0.4, 0.5) is 0 Å². The lowest BCUT2D eigenvalue weighted by Crippen LogP contribution is -0.865. The van der Waals surface area contributed by atoms with Gasteiger partial charge in [0.05, 0.1) is 0 Å². The summed E-state index contributed by atoms with van der Waals surface area (Å²) in [5.74, 6) is 0. The molecule has 0 spiro atoms. The highest BCUT2D eigenvalue weighted by Crippen LogP contribution is 1.31. The van der Waals surface area contributed by atoms with Crippen LogP contribution in [0.3, 0.4) is 0 Å². The van der Waals surface area contributed by atoms with E-state index in [9.17, 15) is 0 Å². The minimum absolute atomic E-state index is 1.69. The molecule has 0 N–H and O–H groups in total. The zero-order chi connectivity index (χ0) is 6.00. The normalized spacial score (nSPS) is 2.67. The molecule has 0 aliphatic heterocycles. The predicted molar refractivity (Wildman–Crippen MR) is 37.5 cm³/mol. The van der Waals surface area contributed by atoms with Crippen LogP contribution in [0.1, 0.15) is 13.8 Å². The van der Waals surface area contributed by atoms with Gasteiger partial charge in [0, 0.05) is 0 Å². The molecule has 0 saturated heterocycles. The lowest BCUT2D eigenvalue weighted by Gasteiger charge is -1.11. The monoisotopic (exact) mass is 106 g/mol. The maximum Gasteiger partial charge on any atom is -0.0215 e. The standard InChI is InChI=1S/C2H6.C2H4.CH4S/c3*1-2/h1-2H3;1-2H2;2H,1H3. The lowest BCUT2D eigenvalue weighted by molar-refractivity contribution is 1.50.